The molecule has 0 aliphatic carbocycles. The summed E-state index contributed by atoms with van der Waals surface area (Å²) in [5.41, 5.74) is 1.04. The maximum Gasteiger partial charge on any atom is 0.341 e. The molecule has 0 atom stereocenters. The minimum Gasteiger partial charge on any atom is -0.465 e. The Morgan fingerprint density at radius 1 is 1.12 bits per heavy atom. The summed E-state index contributed by atoms with van der Waals surface area (Å²) in [7, 11) is 1.22. The fraction of sp³-hybridized carbons (Fsp3) is 0.222. The summed E-state index contributed by atoms with van der Waals surface area (Å²) >= 11 is 0. The lowest BCUT2D eigenvalue weighted by atomic mass is 10.1. The highest BCUT2D eigenvalue weighted by Gasteiger charge is 2.15. The molecule has 0 aromatic heterocycles. The number of esters is 2. The average molecular weight is 349 g/mol. The third-order valence-electron chi connectivity index (χ3n) is 3.38. The highest BCUT2D eigenvalue weighted by Crippen LogP contribution is 2.24. The van der Waals surface area contributed by atoms with Crippen molar-refractivity contribution in [1.29, 1.82) is 0 Å². The molecule has 5 nitrogen and oxygen atoms in total. The van der Waals surface area contributed by atoms with Crippen molar-refractivity contribution in [1.82, 2.24) is 0 Å². The van der Waals surface area contributed by atoms with Gasteiger partial charge in [-0.3, -0.25) is 4.79 Å². The number of hydrogen-bond donors (Lipinski definition) is 1. The van der Waals surface area contributed by atoms with Gasteiger partial charge in [0, 0.05) is 25.2 Å². The summed E-state index contributed by atoms with van der Waals surface area (Å²) < 4.78 is 36.1. The molecule has 0 aliphatic rings. The molecule has 0 heterocycles. The highest BCUT2D eigenvalue weighted by molar-refractivity contribution is 5.94. The summed E-state index contributed by atoms with van der Waals surface area (Å²) in [4.78, 5) is 22.9. The lowest BCUT2D eigenvalue weighted by molar-refractivity contribution is -0.131. The molecule has 0 saturated carbocycles. The Morgan fingerprint density at radius 2 is 1.88 bits per heavy atom. The van der Waals surface area contributed by atoms with E-state index in [1.165, 1.54) is 38.3 Å². The zero-order chi connectivity index (χ0) is 18.4. The number of rotatable bonds is 6. The number of halogens is 2. The van der Waals surface area contributed by atoms with Crippen LogP contribution < -0.4 is 10.1 Å². The molecule has 132 valence electrons. The topological polar surface area (TPSA) is 64.6 Å². The molecular weight excluding hydrogens is 332 g/mol. The Balaban J connectivity index is 2.09. The summed E-state index contributed by atoms with van der Waals surface area (Å²) in [6, 6.07) is 7.97. The highest BCUT2D eigenvalue weighted by atomic mass is 19.1. The van der Waals surface area contributed by atoms with Gasteiger partial charge in [0.2, 0.25) is 0 Å². The maximum absolute atomic E-state index is 13.6. The van der Waals surface area contributed by atoms with Crippen LogP contribution in [0, 0.1) is 11.6 Å². The summed E-state index contributed by atoms with van der Waals surface area (Å²) in [6.07, 6.45) is 0.325. The van der Waals surface area contributed by atoms with E-state index in [4.69, 9.17) is 4.74 Å². The minimum atomic E-state index is -0.649. The van der Waals surface area contributed by atoms with Gasteiger partial charge in [-0.05, 0) is 36.2 Å². The van der Waals surface area contributed by atoms with E-state index >= 15 is 0 Å². The van der Waals surface area contributed by atoms with Gasteiger partial charge in [0.25, 0.3) is 0 Å². The second kappa shape index (κ2) is 8.23. The number of anilines is 1. The molecule has 0 radical (unpaired) electrons. The lowest BCUT2D eigenvalue weighted by Gasteiger charge is -2.11. The first-order valence-corrected chi connectivity index (χ1v) is 7.49. The molecular formula is C18H17F2NO4. The predicted molar refractivity (Wildman–Crippen MR) is 87.6 cm³/mol. The van der Waals surface area contributed by atoms with Crippen LogP contribution in [0.15, 0.2) is 36.4 Å². The van der Waals surface area contributed by atoms with Crippen LogP contribution in [0.25, 0.3) is 0 Å². The van der Waals surface area contributed by atoms with Gasteiger partial charge in [-0.2, -0.15) is 0 Å². The predicted octanol–water partition coefficient (Wildman–Crippen LogP) is 3.33. The van der Waals surface area contributed by atoms with E-state index in [0.717, 1.165) is 6.07 Å². The normalized spacial score (nSPS) is 10.2. The third-order valence-corrected chi connectivity index (χ3v) is 3.38. The van der Waals surface area contributed by atoms with Gasteiger partial charge in [0.05, 0.1) is 7.11 Å². The van der Waals surface area contributed by atoms with Crippen molar-refractivity contribution in [2.75, 3.05) is 19.0 Å². The summed E-state index contributed by atoms with van der Waals surface area (Å²) in [5.74, 6) is -2.35. The molecule has 7 heteroatoms. The molecule has 0 bridgehead atoms. The number of ether oxygens (including phenoxy) is 2. The zero-order valence-corrected chi connectivity index (χ0v) is 13.8. The van der Waals surface area contributed by atoms with Crippen LogP contribution in [0.5, 0.6) is 5.75 Å². The van der Waals surface area contributed by atoms with E-state index in [1.807, 2.05) is 0 Å². The fourth-order valence-electron chi connectivity index (χ4n) is 2.22. The first-order chi connectivity index (χ1) is 11.9. The van der Waals surface area contributed by atoms with Crippen LogP contribution in [-0.2, 0) is 16.0 Å². The van der Waals surface area contributed by atoms with Gasteiger partial charge in [-0.1, -0.05) is 6.07 Å². The molecule has 0 fully saturated rings. The van der Waals surface area contributed by atoms with Gasteiger partial charge < -0.3 is 14.8 Å². The Bertz CT molecular complexity index is 793. The molecule has 0 unspecified atom stereocenters. The number of hydrogen-bond acceptors (Lipinski definition) is 5. The van der Waals surface area contributed by atoms with Crippen molar-refractivity contribution in [3.63, 3.8) is 0 Å². The van der Waals surface area contributed by atoms with Crippen molar-refractivity contribution in [2.45, 2.75) is 13.3 Å². The minimum absolute atomic E-state index is 0.0921. The Kier molecular flexibility index (Phi) is 6.05. The van der Waals surface area contributed by atoms with E-state index < -0.39 is 23.6 Å². The van der Waals surface area contributed by atoms with Crippen LogP contribution in [0.4, 0.5) is 14.5 Å². The Morgan fingerprint density at radius 3 is 2.52 bits per heavy atom. The number of benzene rings is 2. The molecule has 0 aliphatic heterocycles. The molecule has 0 spiro atoms. The second-order valence-corrected chi connectivity index (χ2v) is 5.21. The van der Waals surface area contributed by atoms with E-state index in [2.05, 4.69) is 10.1 Å². The number of nitrogens with one attached hydrogen (secondary N) is 1. The maximum atomic E-state index is 13.6. The molecule has 1 N–H and O–H groups in total. The van der Waals surface area contributed by atoms with Gasteiger partial charge in [0.15, 0.2) is 0 Å². The SMILES string of the molecule is COC(=O)c1cc(NCCc2ccc(F)cc2F)ccc1OC(C)=O. The van der Waals surface area contributed by atoms with E-state index in [9.17, 15) is 18.4 Å². The van der Waals surface area contributed by atoms with Crippen molar-refractivity contribution in [3.05, 3.63) is 59.2 Å². The monoisotopic (exact) mass is 349 g/mol. The van der Waals surface area contributed by atoms with E-state index in [0.29, 0.717) is 24.2 Å². The number of carbonyl (C=O) groups excluding carboxylic acids is 2. The first-order valence-electron chi connectivity index (χ1n) is 7.49. The molecule has 2 aromatic carbocycles. The standard InChI is InChI=1S/C18H17F2NO4/c1-11(22)25-17-6-5-14(10-15(17)18(23)24-2)21-8-7-12-3-4-13(19)9-16(12)20/h3-6,9-10,21H,7-8H2,1-2H3. The molecule has 0 amide bonds. The van der Waals surface area contributed by atoms with Crippen molar-refractivity contribution < 1.29 is 27.8 Å². The summed E-state index contributed by atoms with van der Waals surface area (Å²) in [5, 5.41) is 3.03. The molecule has 2 rings (SSSR count). The second-order valence-electron chi connectivity index (χ2n) is 5.21. The van der Waals surface area contributed by atoms with Crippen LogP contribution >= 0.6 is 0 Å². The molecule has 0 saturated heterocycles. The van der Waals surface area contributed by atoms with Crippen molar-refractivity contribution in [3.8, 4) is 5.75 Å². The number of methoxy groups -OCH3 is 1. The van der Waals surface area contributed by atoms with Crippen LogP contribution in [0.3, 0.4) is 0 Å². The largest absolute Gasteiger partial charge is 0.465 e. The average Bonchev–Trinajstić information content (AvgIpc) is 2.56. The zero-order valence-electron chi connectivity index (χ0n) is 13.8. The van der Waals surface area contributed by atoms with E-state index in [-0.39, 0.29) is 11.3 Å². The lowest BCUT2D eigenvalue weighted by Crippen LogP contribution is -2.11. The van der Waals surface area contributed by atoms with Gasteiger partial charge in [0.1, 0.15) is 22.9 Å². The van der Waals surface area contributed by atoms with Crippen LogP contribution in [0.2, 0.25) is 0 Å². The Labute approximate surface area is 143 Å². The third kappa shape index (κ3) is 5.00. The smallest absolute Gasteiger partial charge is 0.341 e. The quantitative estimate of drug-likeness (QED) is 0.640. The van der Waals surface area contributed by atoms with Crippen molar-refractivity contribution in [2.24, 2.45) is 0 Å². The van der Waals surface area contributed by atoms with Crippen molar-refractivity contribution >= 4 is 17.6 Å². The van der Waals surface area contributed by atoms with Crippen LogP contribution in [-0.4, -0.2) is 25.6 Å². The molecule has 25 heavy (non-hydrogen) atoms. The molecule has 2 aromatic rings. The first kappa shape index (κ1) is 18.4. The van der Waals surface area contributed by atoms with Crippen LogP contribution in [0.1, 0.15) is 22.8 Å². The van der Waals surface area contributed by atoms with Gasteiger partial charge >= 0.3 is 11.9 Å². The Hall–Kier alpha value is -2.96. The summed E-state index contributed by atoms with van der Waals surface area (Å²) in [6.45, 7) is 1.58. The number of carbonyl (C=O) groups is 2. The fourth-order valence-corrected chi connectivity index (χ4v) is 2.22. The van der Waals surface area contributed by atoms with E-state index in [1.54, 1.807) is 6.07 Å². The van der Waals surface area contributed by atoms with Gasteiger partial charge in [-0.25, -0.2) is 13.6 Å². The van der Waals surface area contributed by atoms with Gasteiger partial charge in [-0.15, -0.1) is 0 Å².